The fourth-order valence-electron chi connectivity index (χ4n) is 1.42. The molecule has 0 spiro atoms. The summed E-state index contributed by atoms with van der Waals surface area (Å²) in [4.78, 5) is 2.69. The van der Waals surface area contributed by atoms with Gasteiger partial charge in [0.15, 0.2) is 0 Å². The summed E-state index contributed by atoms with van der Waals surface area (Å²) in [6.45, 7) is 2.13. The van der Waals surface area contributed by atoms with E-state index in [1.165, 1.54) is 0 Å². The topological polar surface area (TPSA) is 58.0 Å². The van der Waals surface area contributed by atoms with Crippen molar-refractivity contribution in [3.05, 3.63) is 34.7 Å². The Morgan fingerprint density at radius 3 is 3.07 bits per heavy atom. The summed E-state index contributed by atoms with van der Waals surface area (Å²) in [5.41, 5.74) is 8.05. The van der Waals surface area contributed by atoms with Crippen LogP contribution < -0.4 is 0 Å². The lowest BCUT2D eigenvalue weighted by Gasteiger charge is -2.12. The molecule has 82 valence electrons. The smallest absolute Gasteiger partial charge is 0.0531 e. The molecule has 0 saturated heterocycles. The van der Waals surface area contributed by atoms with Crippen molar-refractivity contribution in [3.8, 4) is 0 Å². The highest BCUT2D eigenvalue weighted by Crippen LogP contribution is 2.11. The van der Waals surface area contributed by atoms with E-state index in [1.807, 2.05) is 0 Å². The van der Waals surface area contributed by atoms with Crippen LogP contribution >= 0.6 is 0 Å². The van der Waals surface area contributed by atoms with Crippen LogP contribution in [0.3, 0.4) is 0 Å². The third-order valence-electron chi connectivity index (χ3n) is 2.26. The van der Waals surface area contributed by atoms with Crippen molar-refractivity contribution in [1.29, 1.82) is 0 Å². The Bertz CT molecular complexity index is 267. The Labute approximate surface area is 90.3 Å². The van der Waals surface area contributed by atoms with Crippen molar-refractivity contribution < 1.29 is 4.74 Å². The predicted octanol–water partition coefficient (Wildman–Crippen LogP) is 3.23. The standard InChI is InChI=1S/C11H17N3O/c12-14-13-8-4-5-9-15-10-11-6-2-1-3-7-11/h1-3,6,11H,4-5,7-10H2. The second-order valence-corrected chi connectivity index (χ2v) is 3.55. The van der Waals surface area contributed by atoms with Crippen molar-refractivity contribution in [3.63, 3.8) is 0 Å². The van der Waals surface area contributed by atoms with Crippen LogP contribution in [0.5, 0.6) is 0 Å². The number of ether oxygens (including phenoxy) is 1. The number of allylic oxidation sites excluding steroid dienone is 3. The van der Waals surface area contributed by atoms with Crippen LogP contribution in [0.25, 0.3) is 10.4 Å². The first kappa shape index (κ1) is 11.8. The maximum Gasteiger partial charge on any atom is 0.0531 e. The third-order valence-corrected chi connectivity index (χ3v) is 2.26. The van der Waals surface area contributed by atoms with Gasteiger partial charge in [0.05, 0.1) is 6.61 Å². The van der Waals surface area contributed by atoms with Crippen molar-refractivity contribution in [2.24, 2.45) is 11.0 Å². The summed E-state index contributed by atoms with van der Waals surface area (Å²) in [6.07, 6.45) is 11.4. The summed E-state index contributed by atoms with van der Waals surface area (Å²) in [7, 11) is 0. The normalized spacial score (nSPS) is 18.8. The van der Waals surface area contributed by atoms with Gasteiger partial charge >= 0.3 is 0 Å². The van der Waals surface area contributed by atoms with Crippen molar-refractivity contribution in [2.75, 3.05) is 19.8 Å². The van der Waals surface area contributed by atoms with Crippen LogP contribution in [0.4, 0.5) is 0 Å². The Balaban J connectivity index is 1.90. The molecular weight excluding hydrogens is 190 g/mol. The zero-order chi connectivity index (χ0) is 10.8. The highest BCUT2D eigenvalue weighted by Gasteiger charge is 2.04. The van der Waals surface area contributed by atoms with Gasteiger partial charge in [-0.3, -0.25) is 0 Å². The fraction of sp³-hybridized carbons (Fsp3) is 0.636. The van der Waals surface area contributed by atoms with E-state index in [1.54, 1.807) is 0 Å². The van der Waals surface area contributed by atoms with Gasteiger partial charge in [-0.1, -0.05) is 29.4 Å². The highest BCUT2D eigenvalue weighted by atomic mass is 16.5. The van der Waals surface area contributed by atoms with Crippen LogP contribution in [0.2, 0.25) is 0 Å². The van der Waals surface area contributed by atoms with E-state index in [0.29, 0.717) is 12.5 Å². The van der Waals surface area contributed by atoms with Gasteiger partial charge in [0, 0.05) is 24.0 Å². The molecule has 0 fully saturated rings. The largest absolute Gasteiger partial charge is 0.381 e. The molecule has 0 aromatic heterocycles. The Morgan fingerprint density at radius 1 is 1.40 bits per heavy atom. The van der Waals surface area contributed by atoms with E-state index in [-0.39, 0.29) is 0 Å². The summed E-state index contributed by atoms with van der Waals surface area (Å²) < 4.78 is 5.53. The van der Waals surface area contributed by atoms with Gasteiger partial charge in [0.25, 0.3) is 0 Å². The number of hydrogen-bond donors (Lipinski definition) is 0. The molecular formula is C11H17N3O. The predicted molar refractivity (Wildman–Crippen MR) is 60.5 cm³/mol. The minimum Gasteiger partial charge on any atom is -0.381 e. The zero-order valence-electron chi connectivity index (χ0n) is 8.88. The second kappa shape index (κ2) is 8.09. The quantitative estimate of drug-likeness (QED) is 0.273. The van der Waals surface area contributed by atoms with E-state index >= 15 is 0 Å². The molecule has 0 amide bonds. The summed E-state index contributed by atoms with van der Waals surface area (Å²) in [5.74, 6) is 0.534. The minimum absolute atomic E-state index is 0.534. The molecule has 0 bridgehead atoms. The van der Waals surface area contributed by atoms with E-state index < -0.39 is 0 Å². The summed E-state index contributed by atoms with van der Waals surface area (Å²) >= 11 is 0. The summed E-state index contributed by atoms with van der Waals surface area (Å²) in [6, 6.07) is 0. The lowest BCUT2D eigenvalue weighted by atomic mass is 10.0. The Kier molecular flexibility index (Phi) is 6.38. The molecule has 1 aliphatic carbocycles. The Hall–Kier alpha value is -1.25. The van der Waals surface area contributed by atoms with Gasteiger partial charge in [-0.25, -0.2) is 0 Å². The van der Waals surface area contributed by atoms with Gasteiger partial charge in [0.1, 0.15) is 0 Å². The molecule has 0 saturated carbocycles. The maximum absolute atomic E-state index is 8.05. The molecule has 4 nitrogen and oxygen atoms in total. The molecule has 1 aliphatic rings. The van der Waals surface area contributed by atoms with Crippen LogP contribution in [-0.4, -0.2) is 19.8 Å². The number of hydrogen-bond acceptors (Lipinski definition) is 2. The molecule has 0 aliphatic heterocycles. The average Bonchev–Trinajstić information content (AvgIpc) is 2.29. The number of nitrogens with zero attached hydrogens (tertiary/aromatic N) is 3. The van der Waals surface area contributed by atoms with Gasteiger partial charge in [-0.05, 0) is 24.8 Å². The molecule has 1 unspecified atom stereocenters. The highest BCUT2D eigenvalue weighted by molar-refractivity contribution is 5.10. The van der Waals surface area contributed by atoms with Crippen LogP contribution in [-0.2, 0) is 4.74 Å². The van der Waals surface area contributed by atoms with Crippen LogP contribution in [0, 0.1) is 5.92 Å². The Morgan fingerprint density at radius 2 is 2.33 bits per heavy atom. The average molecular weight is 207 g/mol. The van der Waals surface area contributed by atoms with Gasteiger partial charge in [0.2, 0.25) is 0 Å². The van der Waals surface area contributed by atoms with E-state index in [9.17, 15) is 0 Å². The monoisotopic (exact) mass is 207 g/mol. The molecule has 0 aromatic rings. The summed E-state index contributed by atoms with van der Waals surface area (Å²) in [5, 5.41) is 3.46. The van der Waals surface area contributed by atoms with Crippen LogP contribution in [0.1, 0.15) is 19.3 Å². The van der Waals surface area contributed by atoms with Crippen molar-refractivity contribution >= 4 is 0 Å². The molecule has 4 heteroatoms. The van der Waals surface area contributed by atoms with Gasteiger partial charge in [-0.15, -0.1) is 0 Å². The van der Waals surface area contributed by atoms with Crippen molar-refractivity contribution in [1.82, 2.24) is 0 Å². The first-order valence-corrected chi connectivity index (χ1v) is 5.35. The maximum atomic E-state index is 8.05. The number of rotatable bonds is 7. The first-order valence-electron chi connectivity index (χ1n) is 5.35. The number of azide groups is 1. The number of unbranched alkanes of at least 4 members (excludes halogenated alkanes) is 1. The second-order valence-electron chi connectivity index (χ2n) is 3.55. The van der Waals surface area contributed by atoms with Gasteiger partial charge < -0.3 is 4.74 Å². The van der Waals surface area contributed by atoms with Crippen LogP contribution in [0.15, 0.2) is 29.4 Å². The molecule has 1 rings (SSSR count). The molecule has 1 atom stereocenters. The molecule has 0 radical (unpaired) electrons. The molecule has 0 heterocycles. The van der Waals surface area contributed by atoms with E-state index in [2.05, 4.69) is 34.3 Å². The third kappa shape index (κ3) is 5.94. The molecule has 15 heavy (non-hydrogen) atoms. The minimum atomic E-state index is 0.534. The molecule has 0 aromatic carbocycles. The SMILES string of the molecule is [N-]=[N+]=NCCCCOCC1C=CC=CC1. The van der Waals surface area contributed by atoms with E-state index in [0.717, 1.165) is 32.5 Å². The fourth-order valence-corrected chi connectivity index (χ4v) is 1.42. The lowest BCUT2D eigenvalue weighted by molar-refractivity contribution is 0.110. The lowest BCUT2D eigenvalue weighted by Crippen LogP contribution is -2.08. The zero-order valence-corrected chi connectivity index (χ0v) is 8.88. The first-order chi connectivity index (χ1) is 7.43. The van der Waals surface area contributed by atoms with E-state index in [4.69, 9.17) is 10.3 Å². The van der Waals surface area contributed by atoms with Gasteiger partial charge in [-0.2, -0.15) is 0 Å². The van der Waals surface area contributed by atoms with Crippen molar-refractivity contribution in [2.45, 2.75) is 19.3 Å². The molecule has 0 N–H and O–H groups in total.